The van der Waals surface area contributed by atoms with Gasteiger partial charge in [-0.25, -0.2) is 0 Å². The number of carbonyl (C=O) groups is 1. The van der Waals surface area contributed by atoms with Gasteiger partial charge in [0.2, 0.25) is 11.0 Å². The fraction of sp³-hybridized carbons (Fsp3) is 0.200. The predicted molar refractivity (Wildman–Crippen MR) is 115 cm³/mol. The van der Waals surface area contributed by atoms with Crippen molar-refractivity contribution in [2.45, 2.75) is 16.5 Å². The molecule has 152 valence electrons. The molecule has 2 heterocycles. The van der Waals surface area contributed by atoms with Gasteiger partial charge in [-0.3, -0.25) is 4.79 Å². The minimum atomic E-state index is -0.220. The Hall–Kier alpha value is -2.80. The number of hydrogen-bond donors (Lipinski definition) is 1. The zero-order valence-corrected chi connectivity index (χ0v) is 17.9. The molecule has 1 N–H and O–H groups in total. The molecule has 0 bridgehead atoms. The van der Waals surface area contributed by atoms with Crippen molar-refractivity contribution < 1.29 is 14.3 Å². The number of nitrogens with one attached hydrogen (secondary N) is 1. The molecule has 0 aliphatic carbocycles. The lowest BCUT2D eigenvalue weighted by Crippen LogP contribution is -2.17. The second kappa shape index (κ2) is 9.34. The fourth-order valence-corrected chi connectivity index (χ4v) is 4.77. The topological polar surface area (TPSA) is 97.1 Å². The van der Waals surface area contributed by atoms with Gasteiger partial charge in [-0.05, 0) is 35.4 Å². The monoisotopic (exact) mass is 458 g/mol. The van der Waals surface area contributed by atoms with Gasteiger partial charge >= 0.3 is 0 Å². The third-order valence-electron chi connectivity index (χ3n) is 4.12. The average Bonchev–Trinajstić information content (AvgIpc) is 3.19. The summed E-state index contributed by atoms with van der Waals surface area (Å²) in [4.78, 5) is 12.4. The van der Waals surface area contributed by atoms with Gasteiger partial charge in [-0.1, -0.05) is 46.8 Å². The molecular formula is C20H15ClN4O3S2. The number of benzene rings is 2. The first-order valence-electron chi connectivity index (χ1n) is 8.94. The number of thioether (sulfide) groups is 1. The Kier molecular flexibility index (Phi) is 6.38. The van der Waals surface area contributed by atoms with Crippen molar-refractivity contribution in [3.05, 3.63) is 58.1 Å². The number of fused-ring (bicyclic) bond motifs is 1. The van der Waals surface area contributed by atoms with Gasteiger partial charge in [0.1, 0.15) is 13.2 Å². The predicted octanol–water partition coefficient (Wildman–Crippen LogP) is 4.31. The lowest BCUT2D eigenvalue weighted by molar-refractivity contribution is -0.115. The molecule has 1 aliphatic heterocycles. The van der Waals surface area contributed by atoms with Crippen LogP contribution in [0.25, 0.3) is 0 Å². The van der Waals surface area contributed by atoms with Crippen LogP contribution in [0.2, 0.25) is 5.02 Å². The van der Waals surface area contributed by atoms with Crippen LogP contribution < -0.4 is 14.8 Å². The number of anilines is 1. The molecule has 1 amide bonds. The molecule has 4 rings (SSSR count). The summed E-state index contributed by atoms with van der Waals surface area (Å²) in [5.74, 6) is 1.54. The molecule has 30 heavy (non-hydrogen) atoms. The molecule has 7 nitrogen and oxygen atoms in total. The van der Waals surface area contributed by atoms with Crippen LogP contribution in [0.4, 0.5) is 5.13 Å². The standard InChI is InChI=1S/C20H15ClN4O3S2/c21-15-7-14(8-16-18(15)28-6-5-27-16)9-17(26)23-19-24-25-20(30-19)29-11-13-3-1-12(10-22)2-4-13/h1-4,7-8H,5-6,9,11H2,(H,23,24,26). The van der Waals surface area contributed by atoms with Crippen molar-refractivity contribution in [3.63, 3.8) is 0 Å². The van der Waals surface area contributed by atoms with Gasteiger partial charge in [0.25, 0.3) is 0 Å². The Morgan fingerprint density at radius 3 is 2.80 bits per heavy atom. The van der Waals surface area contributed by atoms with E-state index in [0.717, 1.165) is 15.5 Å². The first-order valence-corrected chi connectivity index (χ1v) is 11.1. The second-order valence-electron chi connectivity index (χ2n) is 6.30. The fourth-order valence-electron chi connectivity index (χ4n) is 2.75. The maximum Gasteiger partial charge on any atom is 0.230 e. The van der Waals surface area contributed by atoms with E-state index in [0.29, 0.717) is 46.2 Å². The summed E-state index contributed by atoms with van der Waals surface area (Å²) < 4.78 is 11.8. The van der Waals surface area contributed by atoms with Crippen LogP contribution in [0.15, 0.2) is 40.7 Å². The number of aromatic nitrogens is 2. The minimum Gasteiger partial charge on any atom is -0.486 e. The molecule has 0 saturated carbocycles. The number of rotatable bonds is 6. The highest BCUT2D eigenvalue weighted by atomic mass is 35.5. The SMILES string of the molecule is N#Cc1ccc(CSc2nnc(NC(=O)Cc3cc(Cl)c4c(c3)OCCO4)s2)cc1. The molecule has 2 aromatic carbocycles. The van der Waals surface area contributed by atoms with Gasteiger partial charge in [0.15, 0.2) is 15.8 Å². The zero-order valence-electron chi connectivity index (χ0n) is 15.6. The summed E-state index contributed by atoms with van der Waals surface area (Å²) in [5, 5.41) is 20.6. The second-order valence-corrected chi connectivity index (χ2v) is 8.90. The molecule has 3 aromatic rings. The van der Waals surface area contributed by atoms with Gasteiger partial charge in [0, 0.05) is 5.75 Å². The molecular weight excluding hydrogens is 444 g/mol. The molecule has 1 aliphatic rings. The quantitative estimate of drug-likeness (QED) is 0.434. The van der Waals surface area contributed by atoms with Crippen LogP contribution in [0, 0.1) is 11.3 Å². The van der Waals surface area contributed by atoms with Crippen molar-refractivity contribution in [2.75, 3.05) is 18.5 Å². The minimum absolute atomic E-state index is 0.129. The van der Waals surface area contributed by atoms with Crippen LogP contribution in [-0.4, -0.2) is 29.3 Å². The van der Waals surface area contributed by atoms with Crippen LogP contribution in [0.3, 0.4) is 0 Å². The van der Waals surface area contributed by atoms with E-state index in [-0.39, 0.29) is 12.3 Å². The van der Waals surface area contributed by atoms with Crippen LogP contribution >= 0.6 is 34.7 Å². The summed E-state index contributed by atoms with van der Waals surface area (Å²) in [6, 6.07) is 12.9. The van der Waals surface area contributed by atoms with Crippen LogP contribution in [0.5, 0.6) is 11.5 Å². The first-order chi connectivity index (χ1) is 14.6. The Balaban J connectivity index is 1.32. The summed E-state index contributed by atoms with van der Waals surface area (Å²) >= 11 is 9.05. The summed E-state index contributed by atoms with van der Waals surface area (Å²) in [6.07, 6.45) is 0.129. The van der Waals surface area contributed by atoms with E-state index >= 15 is 0 Å². The zero-order chi connectivity index (χ0) is 20.9. The Morgan fingerprint density at radius 1 is 1.20 bits per heavy atom. The van der Waals surface area contributed by atoms with E-state index < -0.39 is 0 Å². The number of ether oxygens (including phenoxy) is 2. The number of nitriles is 1. The Labute approximate surface area is 186 Å². The highest BCUT2D eigenvalue weighted by molar-refractivity contribution is 8.00. The number of halogens is 1. The summed E-state index contributed by atoms with van der Waals surface area (Å²) in [6.45, 7) is 0.905. The maximum atomic E-state index is 12.4. The van der Waals surface area contributed by atoms with Crippen LogP contribution in [0.1, 0.15) is 16.7 Å². The number of hydrogen-bond acceptors (Lipinski definition) is 8. The van der Waals surface area contributed by atoms with E-state index in [1.54, 1.807) is 24.3 Å². The highest BCUT2D eigenvalue weighted by Gasteiger charge is 2.18. The van der Waals surface area contributed by atoms with Crippen molar-refractivity contribution >= 4 is 45.7 Å². The van der Waals surface area contributed by atoms with E-state index in [2.05, 4.69) is 21.6 Å². The van der Waals surface area contributed by atoms with Crippen molar-refractivity contribution in [3.8, 4) is 17.6 Å². The van der Waals surface area contributed by atoms with Crippen molar-refractivity contribution in [2.24, 2.45) is 0 Å². The number of nitrogens with zero attached hydrogens (tertiary/aromatic N) is 3. The third-order valence-corrected chi connectivity index (χ3v) is 6.44. The molecule has 0 saturated heterocycles. The van der Waals surface area contributed by atoms with E-state index in [9.17, 15) is 4.79 Å². The lowest BCUT2D eigenvalue weighted by Gasteiger charge is -2.20. The number of carbonyl (C=O) groups excluding carboxylic acids is 1. The molecule has 0 spiro atoms. The smallest absolute Gasteiger partial charge is 0.230 e. The number of amides is 1. The van der Waals surface area contributed by atoms with Crippen molar-refractivity contribution in [1.29, 1.82) is 5.26 Å². The maximum absolute atomic E-state index is 12.4. The molecule has 0 unspecified atom stereocenters. The van der Waals surface area contributed by atoms with Crippen molar-refractivity contribution in [1.82, 2.24) is 10.2 Å². The summed E-state index contributed by atoms with van der Waals surface area (Å²) in [5.41, 5.74) is 2.43. The average molecular weight is 459 g/mol. The largest absolute Gasteiger partial charge is 0.486 e. The highest BCUT2D eigenvalue weighted by Crippen LogP contribution is 2.38. The Morgan fingerprint density at radius 2 is 2.00 bits per heavy atom. The molecule has 10 heteroatoms. The van der Waals surface area contributed by atoms with Crippen LogP contribution in [-0.2, 0) is 17.0 Å². The lowest BCUT2D eigenvalue weighted by atomic mass is 10.1. The molecule has 0 atom stereocenters. The van der Waals surface area contributed by atoms with E-state index in [4.69, 9.17) is 26.3 Å². The summed E-state index contributed by atoms with van der Waals surface area (Å²) in [7, 11) is 0. The van der Waals surface area contributed by atoms with Gasteiger partial charge in [0.05, 0.1) is 23.1 Å². The Bertz CT molecular complexity index is 1110. The van der Waals surface area contributed by atoms with E-state index in [1.807, 2.05) is 12.1 Å². The molecule has 1 aromatic heterocycles. The van der Waals surface area contributed by atoms with Gasteiger partial charge in [-0.2, -0.15) is 5.26 Å². The molecule has 0 radical (unpaired) electrons. The van der Waals surface area contributed by atoms with E-state index in [1.165, 1.54) is 23.1 Å². The third kappa shape index (κ3) is 5.02. The normalized spacial score (nSPS) is 12.3. The van der Waals surface area contributed by atoms with Gasteiger partial charge in [-0.15, -0.1) is 10.2 Å². The first kappa shape index (κ1) is 20.5. The van der Waals surface area contributed by atoms with Gasteiger partial charge < -0.3 is 14.8 Å². The molecule has 0 fully saturated rings.